The average Bonchev–Trinajstić information content (AvgIpc) is 3.36. The molecule has 0 bridgehead atoms. The van der Waals surface area contributed by atoms with Gasteiger partial charge in [-0.3, -0.25) is 9.69 Å². The van der Waals surface area contributed by atoms with E-state index in [0.29, 0.717) is 6.54 Å². The molecule has 7 heteroatoms. The predicted octanol–water partition coefficient (Wildman–Crippen LogP) is 3.71. The number of aromatic amines is 2. The van der Waals surface area contributed by atoms with E-state index in [1.54, 1.807) is 12.1 Å². The van der Waals surface area contributed by atoms with Crippen LogP contribution in [-0.2, 0) is 17.9 Å². The number of carbonyl (C=O) groups excluding carboxylic acids is 1. The van der Waals surface area contributed by atoms with Gasteiger partial charge in [0.25, 0.3) is 0 Å². The van der Waals surface area contributed by atoms with Gasteiger partial charge >= 0.3 is 0 Å². The first kappa shape index (κ1) is 18.8. The summed E-state index contributed by atoms with van der Waals surface area (Å²) in [4.78, 5) is 25.9. The molecule has 0 radical (unpaired) electrons. The third kappa shape index (κ3) is 3.80. The Bertz CT molecular complexity index is 1160. The number of piperidine rings is 1. The standard InChI is InChI=1S/C23H24FN5O/c24-17-5-6-19-18(11-17)16(12-25-19)14-29-9-7-15(8-10-29)23(30)26-13-22-27-20-3-1-2-4-21(20)28-22/h1-6,11-12,15,25H,7-10,13-14H2,(H,26,30)(H,27,28). The summed E-state index contributed by atoms with van der Waals surface area (Å²) in [5.41, 5.74) is 3.93. The summed E-state index contributed by atoms with van der Waals surface area (Å²) in [5, 5.41) is 3.95. The summed E-state index contributed by atoms with van der Waals surface area (Å²) in [6, 6.07) is 12.7. The van der Waals surface area contributed by atoms with Crippen LogP contribution in [0.3, 0.4) is 0 Å². The van der Waals surface area contributed by atoms with E-state index < -0.39 is 0 Å². The molecule has 3 N–H and O–H groups in total. The molecule has 2 aromatic carbocycles. The van der Waals surface area contributed by atoms with E-state index in [-0.39, 0.29) is 17.6 Å². The number of hydrogen-bond acceptors (Lipinski definition) is 3. The summed E-state index contributed by atoms with van der Waals surface area (Å²) in [6.07, 6.45) is 3.60. The molecular formula is C23H24FN5O. The molecule has 154 valence electrons. The van der Waals surface area contributed by atoms with Crippen molar-refractivity contribution in [2.45, 2.75) is 25.9 Å². The van der Waals surface area contributed by atoms with Crippen LogP contribution in [-0.4, -0.2) is 38.8 Å². The van der Waals surface area contributed by atoms with Gasteiger partial charge < -0.3 is 15.3 Å². The van der Waals surface area contributed by atoms with E-state index in [2.05, 4.69) is 25.2 Å². The minimum Gasteiger partial charge on any atom is -0.361 e. The van der Waals surface area contributed by atoms with Gasteiger partial charge in [-0.1, -0.05) is 12.1 Å². The number of amides is 1. The van der Waals surface area contributed by atoms with Gasteiger partial charge in [0.1, 0.15) is 11.6 Å². The Kier molecular flexibility index (Phi) is 4.96. The lowest BCUT2D eigenvalue weighted by atomic mass is 9.95. The second-order valence-electron chi connectivity index (χ2n) is 7.97. The third-order valence-electron chi connectivity index (χ3n) is 5.95. The molecule has 5 rings (SSSR count). The van der Waals surface area contributed by atoms with Crippen molar-refractivity contribution in [2.75, 3.05) is 13.1 Å². The fourth-order valence-corrected chi connectivity index (χ4v) is 4.28. The number of rotatable bonds is 5. The highest BCUT2D eigenvalue weighted by molar-refractivity contribution is 5.83. The zero-order valence-corrected chi connectivity index (χ0v) is 16.6. The zero-order chi connectivity index (χ0) is 20.5. The molecule has 3 heterocycles. The van der Waals surface area contributed by atoms with Gasteiger partial charge in [0.2, 0.25) is 5.91 Å². The number of para-hydroxylation sites is 2. The first-order valence-corrected chi connectivity index (χ1v) is 10.3. The number of hydrogen-bond donors (Lipinski definition) is 3. The van der Waals surface area contributed by atoms with Crippen molar-refractivity contribution < 1.29 is 9.18 Å². The lowest BCUT2D eigenvalue weighted by Crippen LogP contribution is -2.40. The topological polar surface area (TPSA) is 76.8 Å². The van der Waals surface area contributed by atoms with Crippen molar-refractivity contribution in [2.24, 2.45) is 5.92 Å². The first-order chi connectivity index (χ1) is 14.7. The molecule has 0 unspecified atom stereocenters. The summed E-state index contributed by atoms with van der Waals surface area (Å²) in [5.74, 6) is 0.659. The summed E-state index contributed by atoms with van der Waals surface area (Å²) in [7, 11) is 0. The quantitative estimate of drug-likeness (QED) is 0.474. The number of likely N-dealkylation sites (tertiary alicyclic amines) is 1. The van der Waals surface area contributed by atoms with Crippen molar-refractivity contribution in [3.05, 3.63) is 65.9 Å². The van der Waals surface area contributed by atoms with Crippen LogP contribution >= 0.6 is 0 Å². The van der Waals surface area contributed by atoms with Crippen molar-refractivity contribution in [1.29, 1.82) is 0 Å². The van der Waals surface area contributed by atoms with Crippen LogP contribution in [0, 0.1) is 11.7 Å². The highest BCUT2D eigenvalue weighted by Gasteiger charge is 2.25. The lowest BCUT2D eigenvalue weighted by molar-refractivity contribution is -0.126. The summed E-state index contributed by atoms with van der Waals surface area (Å²) in [6.45, 7) is 2.88. The number of benzene rings is 2. The molecule has 6 nitrogen and oxygen atoms in total. The van der Waals surface area contributed by atoms with Crippen molar-refractivity contribution >= 4 is 27.8 Å². The summed E-state index contributed by atoms with van der Waals surface area (Å²) < 4.78 is 13.6. The van der Waals surface area contributed by atoms with Gasteiger partial charge in [-0.15, -0.1) is 0 Å². The van der Waals surface area contributed by atoms with Gasteiger partial charge in [-0.25, -0.2) is 9.37 Å². The Labute approximate surface area is 173 Å². The SMILES string of the molecule is O=C(NCc1nc2ccccc2[nH]1)C1CCN(Cc2c[nH]c3ccc(F)cc23)CC1. The molecule has 0 aliphatic carbocycles. The minimum atomic E-state index is -0.219. The number of nitrogens with one attached hydrogen (secondary N) is 3. The van der Waals surface area contributed by atoms with Crippen molar-refractivity contribution in [3.63, 3.8) is 0 Å². The van der Waals surface area contributed by atoms with E-state index in [4.69, 9.17) is 0 Å². The van der Waals surface area contributed by atoms with Gasteiger partial charge in [0.15, 0.2) is 0 Å². The van der Waals surface area contributed by atoms with Crippen LogP contribution in [0.25, 0.3) is 21.9 Å². The van der Waals surface area contributed by atoms with Crippen LogP contribution in [0.2, 0.25) is 0 Å². The van der Waals surface area contributed by atoms with Crippen LogP contribution in [0.4, 0.5) is 4.39 Å². The minimum absolute atomic E-state index is 0.0195. The number of nitrogens with zero attached hydrogens (tertiary/aromatic N) is 2. The largest absolute Gasteiger partial charge is 0.361 e. The number of carbonyl (C=O) groups is 1. The molecule has 1 saturated heterocycles. The maximum absolute atomic E-state index is 13.6. The fourth-order valence-electron chi connectivity index (χ4n) is 4.28. The molecule has 30 heavy (non-hydrogen) atoms. The molecule has 0 spiro atoms. The Morgan fingerprint density at radius 2 is 2.00 bits per heavy atom. The molecule has 1 aliphatic heterocycles. The Morgan fingerprint density at radius 3 is 2.83 bits per heavy atom. The second-order valence-corrected chi connectivity index (χ2v) is 7.97. The molecule has 4 aromatic rings. The number of H-pyrrole nitrogens is 2. The van der Waals surface area contributed by atoms with Gasteiger partial charge in [-0.05, 0) is 61.8 Å². The van der Waals surface area contributed by atoms with E-state index in [1.807, 2.05) is 30.5 Å². The van der Waals surface area contributed by atoms with E-state index in [0.717, 1.165) is 65.8 Å². The van der Waals surface area contributed by atoms with Crippen LogP contribution in [0.1, 0.15) is 24.2 Å². The number of imidazole rings is 1. The number of halogens is 1. The molecule has 0 saturated carbocycles. The molecule has 0 atom stereocenters. The normalized spacial score (nSPS) is 15.8. The average molecular weight is 405 g/mol. The van der Waals surface area contributed by atoms with Gasteiger partial charge in [-0.2, -0.15) is 0 Å². The number of fused-ring (bicyclic) bond motifs is 2. The van der Waals surface area contributed by atoms with Crippen LogP contribution in [0.15, 0.2) is 48.7 Å². The Morgan fingerprint density at radius 1 is 1.17 bits per heavy atom. The Hall–Kier alpha value is -3.19. The van der Waals surface area contributed by atoms with Crippen molar-refractivity contribution in [3.8, 4) is 0 Å². The maximum Gasteiger partial charge on any atom is 0.223 e. The highest BCUT2D eigenvalue weighted by atomic mass is 19.1. The monoisotopic (exact) mass is 405 g/mol. The van der Waals surface area contributed by atoms with E-state index in [9.17, 15) is 9.18 Å². The van der Waals surface area contributed by atoms with E-state index >= 15 is 0 Å². The fraction of sp³-hybridized carbons (Fsp3) is 0.304. The second kappa shape index (κ2) is 7.91. The van der Waals surface area contributed by atoms with Gasteiger partial charge in [0, 0.05) is 29.6 Å². The number of aromatic nitrogens is 3. The Balaban J connectivity index is 1.14. The molecule has 1 amide bonds. The molecule has 1 fully saturated rings. The molecular weight excluding hydrogens is 381 g/mol. The molecule has 2 aromatic heterocycles. The maximum atomic E-state index is 13.6. The van der Waals surface area contributed by atoms with Crippen LogP contribution < -0.4 is 5.32 Å². The van der Waals surface area contributed by atoms with Gasteiger partial charge in [0.05, 0.1) is 17.6 Å². The van der Waals surface area contributed by atoms with Crippen LogP contribution in [0.5, 0.6) is 0 Å². The summed E-state index contributed by atoms with van der Waals surface area (Å²) >= 11 is 0. The third-order valence-corrected chi connectivity index (χ3v) is 5.95. The predicted molar refractivity (Wildman–Crippen MR) is 114 cm³/mol. The lowest BCUT2D eigenvalue weighted by Gasteiger charge is -2.31. The smallest absolute Gasteiger partial charge is 0.223 e. The zero-order valence-electron chi connectivity index (χ0n) is 16.6. The highest BCUT2D eigenvalue weighted by Crippen LogP contribution is 2.24. The van der Waals surface area contributed by atoms with Crippen molar-refractivity contribution in [1.82, 2.24) is 25.2 Å². The van der Waals surface area contributed by atoms with E-state index in [1.165, 1.54) is 6.07 Å². The first-order valence-electron chi connectivity index (χ1n) is 10.3. The molecule has 1 aliphatic rings.